The van der Waals surface area contributed by atoms with E-state index in [4.69, 9.17) is 0 Å². The summed E-state index contributed by atoms with van der Waals surface area (Å²) in [6.07, 6.45) is 0. The molecule has 4 nitrogen and oxygen atoms in total. The molecule has 0 saturated heterocycles. The average Bonchev–Trinajstić information content (AvgIpc) is 3.35. The largest absolute Gasteiger partial charge is 0.392 e. The molecule has 0 saturated carbocycles. The van der Waals surface area contributed by atoms with Crippen molar-refractivity contribution in [1.29, 1.82) is 0 Å². The van der Waals surface area contributed by atoms with E-state index in [1.54, 1.807) is 0 Å². The molecule has 4 aromatic carbocycles. The zero-order valence-electron chi connectivity index (χ0n) is 17.9. The van der Waals surface area contributed by atoms with Crippen molar-refractivity contribution >= 4 is 43.6 Å². The van der Waals surface area contributed by atoms with E-state index >= 15 is 0 Å². The number of para-hydroxylation sites is 1. The predicted molar refractivity (Wildman–Crippen MR) is 131 cm³/mol. The van der Waals surface area contributed by atoms with Crippen molar-refractivity contribution in [3.05, 3.63) is 90.0 Å². The number of aryl methyl sites for hydroxylation is 1. The molecule has 2 heterocycles. The van der Waals surface area contributed by atoms with Gasteiger partial charge in [-0.05, 0) is 66.6 Å². The number of rotatable bonds is 4. The second kappa shape index (κ2) is 7.23. The molecule has 0 aliphatic rings. The van der Waals surface area contributed by atoms with Crippen LogP contribution < -0.4 is 0 Å². The topological polar surface area (TPSA) is 50.3 Å². The molecule has 32 heavy (non-hydrogen) atoms. The normalized spacial score (nSPS) is 12.0. The zero-order valence-corrected chi connectivity index (χ0v) is 17.9. The van der Waals surface area contributed by atoms with Gasteiger partial charge in [0.1, 0.15) is 0 Å². The van der Waals surface area contributed by atoms with Crippen molar-refractivity contribution in [2.75, 3.05) is 0 Å². The third-order valence-electron chi connectivity index (χ3n) is 6.59. The van der Waals surface area contributed by atoms with Gasteiger partial charge in [0.25, 0.3) is 0 Å². The summed E-state index contributed by atoms with van der Waals surface area (Å²) in [5, 5.41) is 24.0. The van der Waals surface area contributed by atoms with Crippen LogP contribution in [0, 0.1) is 0 Å². The first-order valence-electron chi connectivity index (χ1n) is 11.0. The molecule has 0 aliphatic heterocycles. The lowest BCUT2D eigenvalue weighted by molar-refractivity contribution is 0.282. The Balaban J connectivity index is 1.70. The number of benzene rings is 4. The second-order valence-corrected chi connectivity index (χ2v) is 8.32. The zero-order chi connectivity index (χ0) is 21.8. The third kappa shape index (κ3) is 2.63. The van der Waals surface area contributed by atoms with Crippen LogP contribution >= 0.6 is 0 Å². The Morgan fingerprint density at radius 1 is 0.594 bits per heavy atom. The first-order valence-corrected chi connectivity index (χ1v) is 11.0. The second-order valence-electron chi connectivity index (χ2n) is 8.32. The Kier molecular flexibility index (Phi) is 4.32. The molecule has 4 heteroatoms. The summed E-state index contributed by atoms with van der Waals surface area (Å²) < 4.78 is 4.63. The molecule has 0 fully saturated rings. The van der Waals surface area contributed by atoms with Gasteiger partial charge in [-0.15, -0.1) is 0 Å². The Hall–Kier alpha value is -3.60. The molecule has 6 rings (SSSR count). The molecule has 6 aromatic rings. The quantitative estimate of drug-likeness (QED) is 0.373. The number of nitrogens with zero attached hydrogens (tertiary/aromatic N) is 2. The Bertz CT molecular complexity index is 1640. The van der Waals surface area contributed by atoms with Crippen LogP contribution in [0.4, 0.5) is 0 Å². The first-order chi connectivity index (χ1) is 15.7. The number of aliphatic hydroxyl groups excluding tert-OH is 2. The molecule has 0 atom stereocenters. The summed E-state index contributed by atoms with van der Waals surface area (Å²) in [6.45, 7) is 3.12. The lowest BCUT2D eigenvalue weighted by Crippen LogP contribution is -1.95. The fourth-order valence-electron chi connectivity index (χ4n) is 5.11. The van der Waals surface area contributed by atoms with Gasteiger partial charge in [0.15, 0.2) is 0 Å². The number of fused-ring (bicyclic) bond motifs is 6. The van der Waals surface area contributed by atoms with Gasteiger partial charge in [0.2, 0.25) is 0 Å². The van der Waals surface area contributed by atoms with E-state index in [1.807, 2.05) is 12.1 Å². The third-order valence-corrected chi connectivity index (χ3v) is 6.59. The monoisotopic (exact) mass is 420 g/mol. The maximum atomic E-state index is 9.69. The summed E-state index contributed by atoms with van der Waals surface area (Å²) in [6, 6.07) is 27.5. The fraction of sp³-hybridized carbons (Fsp3) is 0.143. The predicted octanol–water partition coefficient (Wildman–Crippen LogP) is 5.90. The van der Waals surface area contributed by atoms with Gasteiger partial charge in [0, 0.05) is 44.8 Å². The Morgan fingerprint density at radius 3 is 1.84 bits per heavy atom. The molecular formula is C28H24N2O2. The highest BCUT2D eigenvalue weighted by Gasteiger charge is 2.15. The molecule has 0 unspecified atom stereocenters. The summed E-state index contributed by atoms with van der Waals surface area (Å²) in [4.78, 5) is 0. The van der Waals surface area contributed by atoms with Gasteiger partial charge in [-0.1, -0.05) is 30.3 Å². The van der Waals surface area contributed by atoms with E-state index in [2.05, 4.69) is 82.8 Å². The molecule has 2 aromatic heterocycles. The minimum absolute atomic E-state index is 0.0329. The van der Waals surface area contributed by atoms with Crippen molar-refractivity contribution in [3.63, 3.8) is 0 Å². The van der Waals surface area contributed by atoms with E-state index in [0.29, 0.717) is 0 Å². The summed E-state index contributed by atoms with van der Waals surface area (Å²) in [5.74, 6) is 0. The lowest BCUT2D eigenvalue weighted by Gasteiger charge is -2.09. The van der Waals surface area contributed by atoms with Crippen LogP contribution in [0.5, 0.6) is 0 Å². The van der Waals surface area contributed by atoms with Crippen LogP contribution in [0.15, 0.2) is 78.9 Å². The van der Waals surface area contributed by atoms with Gasteiger partial charge in [-0.25, -0.2) is 0 Å². The Morgan fingerprint density at radius 2 is 1.16 bits per heavy atom. The van der Waals surface area contributed by atoms with Crippen LogP contribution in [0.25, 0.3) is 49.3 Å². The maximum absolute atomic E-state index is 9.69. The molecule has 2 N–H and O–H groups in total. The van der Waals surface area contributed by atoms with Gasteiger partial charge >= 0.3 is 0 Å². The van der Waals surface area contributed by atoms with Gasteiger partial charge in [-0.2, -0.15) is 0 Å². The van der Waals surface area contributed by atoms with Crippen molar-refractivity contribution in [2.45, 2.75) is 26.7 Å². The van der Waals surface area contributed by atoms with Crippen LogP contribution in [0.1, 0.15) is 18.1 Å². The fourth-order valence-corrected chi connectivity index (χ4v) is 5.11. The number of aromatic nitrogens is 2. The van der Waals surface area contributed by atoms with Crippen molar-refractivity contribution < 1.29 is 10.2 Å². The van der Waals surface area contributed by atoms with E-state index < -0.39 is 0 Å². The van der Waals surface area contributed by atoms with E-state index in [1.165, 1.54) is 27.2 Å². The molecule has 0 aliphatic carbocycles. The maximum Gasteiger partial charge on any atom is 0.0682 e. The van der Waals surface area contributed by atoms with Crippen LogP contribution in [-0.2, 0) is 19.8 Å². The van der Waals surface area contributed by atoms with Crippen LogP contribution in [0.3, 0.4) is 0 Å². The Labute approximate surface area is 185 Å². The van der Waals surface area contributed by atoms with Crippen molar-refractivity contribution in [2.24, 2.45) is 0 Å². The number of hydrogen-bond donors (Lipinski definition) is 2. The lowest BCUT2D eigenvalue weighted by atomic mass is 10.1. The molecule has 0 spiro atoms. The van der Waals surface area contributed by atoms with Gasteiger partial charge in [0.05, 0.1) is 24.2 Å². The molecule has 0 bridgehead atoms. The molecular weight excluding hydrogens is 396 g/mol. The summed E-state index contributed by atoms with van der Waals surface area (Å²) in [5.41, 5.74) is 7.59. The highest BCUT2D eigenvalue weighted by atomic mass is 16.3. The van der Waals surface area contributed by atoms with E-state index in [9.17, 15) is 10.2 Å². The number of hydrogen-bond acceptors (Lipinski definition) is 2. The highest BCUT2D eigenvalue weighted by Crippen LogP contribution is 2.36. The molecule has 0 radical (unpaired) electrons. The van der Waals surface area contributed by atoms with Crippen LogP contribution in [0.2, 0.25) is 0 Å². The molecule has 158 valence electrons. The minimum atomic E-state index is 0.0329. The summed E-state index contributed by atoms with van der Waals surface area (Å²) in [7, 11) is 0. The standard InChI is InChI=1S/C28H24N2O2/c1-2-29-25-10-7-18(16-31)14-23(25)24-15-20(9-12-26(24)29)30-27-6-4-3-5-21(27)22-13-19(17-32)8-11-28(22)30/h3-15,31-32H,2,16-17H2,1H3. The van der Waals surface area contributed by atoms with E-state index in [-0.39, 0.29) is 13.2 Å². The number of aliphatic hydroxyl groups is 2. The SMILES string of the molecule is CCn1c2ccc(CO)cc2c2cc(-n3c4ccccc4c4cc(CO)ccc43)ccc21. The average molecular weight is 421 g/mol. The molecule has 0 amide bonds. The van der Waals surface area contributed by atoms with Gasteiger partial charge < -0.3 is 19.3 Å². The van der Waals surface area contributed by atoms with Crippen LogP contribution in [-0.4, -0.2) is 19.3 Å². The minimum Gasteiger partial charge on any atom is -0.392 e. The first kappa shape index (κ1) is 19.1. The summed E-state index contributed by atoms with van der Waals surface area (Å²) >= 11 is 0. The smallest absolute Gasteiger partial charge is 0.0682 e. The van der Waals surface area contributed by atoms with E-state index in [0.717, 1.165) is 39.8 Å². The highest BCUT2D eigenvalue weighted by molar-refractivity contribution is 6.11. The van der Waals surface area contributed by atoms with Crippen molar-refractivity contribution in [3.8, 4) is 5.69 Å². The van der Waals surface area contributed by atoms with Gasteiger partial charge in [-0.3, -0.25) is 0 Å². The van der Waals surface area contributed by atoms with Crippen molar-refractivity contribution in [1.82, 2.24) is 9.13 Å².